The highest BCUT2D eigenvalue weighted by atomic mass is 31.2. The molecule has 0 rings (SSSR count). The van der Waals surface area contributed by atoms with Crippen LogP contribution in [0.5, 0.6) is 0 Å². The molecule has 0 aliphatic heterocycles. The first kappa shape index (κ1) is 68.0. The molecule has 0 aliphatic rings. The molecule has 0 bridgehead atoms. The van der Waals surface area contributed by atoms with Crippen LogP contribution in [0.15, 0.2) is 24.3 Å². The van der Waals surface area contributed by atoms with Crippen molar-refractivity contribution in [2.24, 2.45) is 0 Å². The highest BCUT2D eigenvalue weighted by Crippen LogP contribution is 2.43. The molecule has 0 radical (unpaired) electrons. The van der Waals surface area contributed by atoms with Gasteiger partial charge >= 0.3 is 25.7 Å². The van der Waals surface area contributed by atoms with Crippen LogP contribution < -0.4 is 0 Å². The summed E-state index contributed by atoms with van der Waals surface area (Å²) < 4.78 is 39.5. The van der Waals surface area contributed by atoms with Gasteiger partial charge in [0.15, 0.2) is 6.10 Å². The summed E-state index contributed by atoms with van der Waals surface area (Å²) in [6.45, 7) is 4.65. The predicted molar refractivity (Wildman–Crippen MR) is 289 cm³/mol. The Kier molecular flexibility index (Phi) is 51.7. The van der Waals surface area contributed by atoms with Crippen LogP contribution in [-0.2, 0) is 42.2 Å². The van der Waals surface area contributed by atoms with Crippen molar-refractivity contribution in [2.75, 3.05) is 26.4 Å². The molecular weight excluding hydrogens is 904 g/mol. The van der Waals surface area contributed by atoms with Gasteiger partial charge < -0.3 is 24.2 Å². The van der Waals surface area contributed by atoms with Crippen molar-refractivity contribution in [3.05, 3.63) is 24.3 Å². The lowest BCUT2D eigenvalue weighted by molar-refractivity contribution is -0.161. The fourth-order valence-corrected chi connectivity index (χ4v) is 9.17. The molecular formula is C58H109O11P. The van der Waals surface area contributed by atoms with E-state index in [1.165, 1.54) is 154 Å². The fraction of sp³-hybridized carbons (Fsp3) is 0.879. The van der Waals surface area contributed by atoms with Crippen molar-refractivity contribution in [1.29, 1.82) is 0 Å². The first-order chi connectivity index (χ1) is 34.2. The lowest BCUT2D eigenvalue weighted by atomic mass is 10.0. The molecule has 0 fully saturated rings. The highest BCUT2D eigenvalue weighted by molar-refractivity contribution is 7.47. The molecule has 11 nitrogen and oxygen atoms in total. The van der Waals surface area contributed by atoms with Crippen molar-refractivity contribution in [3.8, 4) is 0 Å². The molecule has 70 heavy (non-hydrogen) atoms. The van der Waals surface area contributed by atoms with E-state index in [4.69, 9.17) is 23.3 Å². The molecule has 0 amide bonds. The molecule has 0 aliphatic carbocycles. The van der Waals surface area contributed by atoms with Crippen LogP contribution in [0, 0.1) is 0 Å². The molecule has 0 spiro atoms. The number of phosphoric ester groups is 1. The number of hydrogen-bond donors (Lipinski definition) is 2. The summed E-state index contributed by atoms with van der Waals surface area (Å²) in [6.07, 6.45) is 52.7. The molecule has 0 heterocycles. The summed E-state index contributed by atoms with van der Waals surface area (Å²) in [5.41, 5.74) is 0. The third-order valence-electron chi connectivity index (χ3n) is 12.9. The average molecular weight is 1010 g/mol. The lowest BCUT2D eigenvalue weighted by Gasteiger charge is -2.21. The summed E-state index contributed by atoms with van der Waals surface area (Å²) in [6, 6.07) is 0. The van der Waals surface area contributed by atoms with Crippen molar-refractivity contribution < 1.29 is 52.2 Å². The Morgan fingerprint density at radius 3 is 1.09 bits per heavy atom. The minimum Gasteiger partial charge on any atom is -0.462 e. The number of hydrogen-bond acceptors (Lipinski definition) is 10. The topological polar surface area (TPSA) is 155 Å². The summed E-state index contributed by atoms with van der Waals surface area (Å²) in [5, 5.41) is 9.79. The second-order valence-electron chi connectivity index (χ2n) is 19.8. The molecule has 3 unspecified atom stereocenters. The zero-order valence-electron chi connectivity index (χ0n) is 45.5. The number of phosphoric acid groups is 1. The summed E-state index contributed by atoms with van der Waals surface area (Å²) in [7, 11) is -4.74. The van der Waals surface area contributed by atoms with Crippen LogP contribution in [0.4, 0.5) is 0 Å². The van der Waals surface area contributed by atoms with E-state index in [9.17, 15) is 28.9 Å². The zero-order chi connectivity index (χ0) is 51.3. The van der Waals surface area contributed by atoms with E-state index in [1.54, 1.807) is 0 Å². The van der Waals surface area contributed by atoms with Crippen LogP contribution >= 0.6 is 7.82 Å². The second kappa shape index (κ2) is 53.3. The van der Waals surface area contributed by atoms with Gasteiger partial charge in [-0.15, -0.1) is 0 Å². The maximum atomic E-state index is 12.9. The van der Waals surface area contributed by atoms with E-state index >= 15 is 0 Å². The van der Waals surface area contributed by atoms with Crippen molar-refractivity contribution in [3.63, 3.8) is 0 Å². The van der Waals surface area contributed by atoms with Crippen LogP contribution in [0.2, 0.25) is 0 Å². The average Bonchev–Trinajstić information content (AvgIpc) is 3.35. The summed E-state index contributed by atoms with van der Waals surface area (Å²) in [4.78, 5) is 48.5. The Morgan fingerprint density at radius 2 is 0.700 bits per heavy atom. The molecule has 0 saturated heterocycles. The molecule has 0 aromatic carbocycles. The summed E-state index contributed by atoms with van der Waals surface area (Å²) in [5.74, 6) is -1.45. The number of aliphatic hydroxyl groups excluding tert-OH is 1. The number of esters is 3. The third-order valence-corrected chi connectivity index (χ3v) is 13.8. The number of ether oxygens (including phenoxy) is 3. The Hall–Kier alpha value is -2.04. The van der Waals surface area contributed by atoms with E-state index in [0.717, 1.165) is 77.0 Å². The molecule has 0 saturated carbocycles. The minimum absolute atomic E-state index is 0.164. The van der Waals surface area contributed by atoms with Gasteiger partial charge in [0.2, 0.25) is 0 Å². The molecule has 0 aromatic rings. The number of allylic oxidation sites excluding steroid dienone is 4. The van der Waals surface area contributed by atoms with Gasteiger partial charge in [0.05, 0.1) is 19.8 Å². The number of rotatable bonds is 55. The van der Waals surface area contributed by atoms with Gasteiger partial charge in [-0.25, -0.2) is 4.57 Å². The van der Waals surface area contributed by atoms with Crippen molar-refractivity contribution in [1.82, 2.24) is 0 Å². The summed E-state index contributed by atoms with van der Waals surface area (Å²) >= 11 is 0. The first-order valence-corrected chi connectivity index (χ1v) is 30.7. The van der Waals surface area contributed by atoms with Gasteiger partial charge in [0, 0.05) is 19.3 Å². The zero-order valence-corrected chi connectivity index (χ0v) is 46.4. The maximum Gasteiger partial charge on any atom is 0.472 e. The Bertz CT molecular complexity index is 1270. The standard InChI is InChI=1S/C58H109O11P/c1-4-7-10-13-16-19-22-24-26-27-29-31-34-37-40-43-46-49-58(62)69-55(51-65-56(60)47-44-41-38-35-33-30-28-25-23-20-17-14-11-8-5-2)53-67-70(63,64)66-52-54(50-59)68-57(61)48-45-42-39-36-32-21-18-15-12-9-6-3/h16,19,24,26,54-55,59H,4-15,17-18,20-23,25,27-53H2,1-3H3,(H,63,64)/b19-16-,26-24-. The first-order valence-electron chi connectivity index (χ1n) is 29.2. The molecule has 0 aromatic heterocycles. The van der Waals surface area contributed by atoms with Gasteiger partial charge in [0.1, 0.15) is 12.7 Å². The Balaban J connectivity index is 4.70. The number of unbranched alkanes of at least 4 members (excludes halogenated alkanes) is 34. The second-order valence-corrected chi connectivity index (χ2v) is 21.3. The van der Waals surface area contributed by atoms with E-state index < -0.39 is 57.8 Å². The van der Waals surface area contributed by atoms with Gasteiger partial charge in [-0.05, 0) is 51.4 Å². The molecule has 3 atom stereocenters. The largest absolute Gasteiger partial charge is 0.472 e. The van der Waals surface area contributed by atoms with Gasteiger partial charge in [-0.2, -0.15) is 0 Å². The third kappa shape index (κ3) is 50.9. The molecule has 2 N–H and O–H groups in total. The fourth-order valence-electron chi connectivity index (χ4n) is 8.39. The minimum atomic E-state index is -4.74. The van der Waals surface area contributed by atoms with Gasteiger partial charge in [-0.3, -0.25) is 23.4 Å². The monoisotopic (exact) mass is 1010 g/mol. The van der Waals surface area contributed by atoms with Crippen molar-refractivity contribution >= 4 is 25.7 Å². The maximum absolute atomic E-state index is 12.9. The van der Waals surface area contributed by atoms with E-state index in [1.807, 2.05) is 0 Å². The SMILES string of the molecule is CCCCC/C=C\C/C=C\CCCCCCCCCC(=O)OC(COC(=O)CCCCCCCCCCCCCCCCC)COP(=O)(O)OCC(CO)OC(=O)CCCCCCCCCCCCC. The van der Waals surface area contributed by atoms with Crippen LogP contribution in [-0.4, -0.2) is 66.5 Å². The molecule has 412 valence electrons. The quantitative estimate of drug-likeness (QED) is 0.0197. The normalized spacial score (nSPS) is 13.5. The van der Waals surface area contributed by atoms with Gasteiger partial charge in [0.25, 0.3) is 0 Å². The highest BCUT2D eigenvalue weighted by Gasteiger charge is 2.28. The smallest absolute Gasteiger partial charge is 0.462 e. The number of aliphatic hydroxyl groups is 1. The predicted octanol–water partition coefficient (Wildman–Crippen LogP) is 17.0. The Labute approximate surface area is 429 Å². The van der Waals surface area contributed by atoms with Gasteiger partial charge in [-0.1, -0.05) is 244 Å². The number of carbonyl (C=O) groups is 3. The van der Waals surface area contributed by atoms with E-state index in [2.05, 4.69) is 45.1 Å². The number of carbonyl (C=O) groups excluding carboxylic acids is 3. The molecule has 12 heteroatoms. The van der Waals surface area contributed by atoms with Crippen LogP contribution in [0.1, 0.15) is 290 Å². The van der Waals surface area contributed by atoms with E-state index in [0.29, 0.717) is 19.3 Å². The van der Waals surface area contributed by atoms with Crippen molar-refractivity contribution in [2.45, 2.75) is 303 Å². The lowest BCUT2D eigenvalue weighted by Crippen LogP contribution is -2.30. The van der Waals surface area contributed by atoms with E-state index in [-0.39, 0.29) is 25.9 Å². The van der Waals surface area contributed by atoms with Crippen LogP contribution in [0.25, 0.3) is 0 Å². The Morgan fingerprint density at radius 1 is 0.400 bits per heavy atom. The van der Waals surface area contributed by atoms with Crippen LogP contribution in [0.3, 0.4) is 0 Å².